The molecule has 0 unspecified atom stereocenters. The first-order valence-corrected chi connectivity index (χ1v) is 7.52. The van der Waals surface area contributed by atoms with Crippen molar-refractivity contribution in [2.24, 2.45) is 0 Å². The smallest absolute Gasteiger partial charge is 0.0280 e. The Morgan fingerprint density at radius 2 is 1.67 bits per heavy atom. The molecule has 2 rings (SSSR count). The van der Waals surface area contributed by atoms with E-state index in [2.05, 4.69) is 45.0 Å². The highest BCUT2D eigenvalue weighted by Gasteiger charge is 2.12. The van der Waals surface area contributed by atoms with Crippen LogP contribution in [0.25, 0.3) is 0 Å². The molecule has 0 nitrogen and oxygen atoms in total. The molecule has 0 bridgehead atoms. The Balaban J connectivity index is 2.14. The van der Waals surface area contributed by atoms with Crippen molar-refractivity contribution in [2.75, 3.05) is 0 Å². The molecule has 0 aliphatic rings. The van der Waals surface area contributed by atoms with Crippen molar-refractivity contribution in [3.63, 3.8) is 0 Å². The number of hydrogen-bond acceptors (Lipinski definition) is 0. The molecule has 0 amide bonds. The number of rotatable bonds is 4. The van der Waals surface area contributed by atoms with Crippen molar-refractivity contribution < 1.29 is 8.22 Å². The van der Waals surface area contributed by atoms with E-state index in [0.29, 0.717) is 12.0 Å². The molecule has 0 saturated carbocycles. The van der Waals surface area contributed by atoms with E-state index in [-0.39, 0.29) is 16.5 Å². The largest absolute Gasteiger partial charge is 0.0590 e. The lowest BCUT2D eigenvalue weighted by molar-refractivity contribution is 0.590. The zero-order valence-corrected chi connectivity index (χ0v) is 13.2. The Morgan fingerprint density at radius 3 is 2.29 bits per heavy atom. The molecule has 0 aliphatic heterocycles. The molecule has 112 valence electrons. The highest BCUT2D eigenvalue weighted by atomic mass is 14.2. The van der Waals surface area contributed by atoms with Crippen LogP contribution in [-0.2, 0) is 18.3 Å². The van der Waals surface area contributed by atoms with Gasteiger partial charge in [0.1, 0.15) is 0 Å². The third-order valence-corrected chi connectivity index (χ3v) is 3.84. The highest BCUT2D eigenvalue weighted by molar-refractivity contribution is 5.31. The van der Waals surface area contributed by atoms with Crippen LogP contribution in [0.15, 0.2) is 42.5 Å². The van der Waals surface area contributed by atoms with Gasteiger partial charge in [-0.1, -0.05) is 68.8 Å². The van der Waals surface area contributed by atoms with Crippen molar-refractivity contribution in [3.05, 3.63) is 70.3 Å². The van der Waals surface area contributed by atoms with Gasteiger partial charge in [-0.15, -0.1) is 0 Å². The fraction of sp³-hybridized carbons (Fsp3) is 0.429. The van der Waals surface area contributed by atoms with Crippen LogP contribution in [0.3, 0.4) is 0 Å². The van der Waals surface area contributed by atoms with E-state index in [0.717, 1.165) is 12.8 Å². The lowest BCUT2D eigenvalue weighted by Gasteiger charge is -2.19. The van der Waals surface area contributed by atoms with Gasteiger partial charge in [-0.25, -0.2) is 0 Å². The van der Waals surface area contributed by atoms with Crippen molar-refractivity contribution in [1.29, 1.82) is 0 Å². The fourth-order valence-corrected chi connectivity index (χ4v) is 2.45. The highest BCUT2D eigenvalue weighted by Crippen LogP contribution is 2.22. The molecule has 0 heteroatoms. The molecule has 0 radical (unpaired) electrons. The number of benzene rings is 2. The lowest BCUT2D eigenvalue weighted by atomic mass is 9.86. The van der Waals surface area contributed by atoms with E-state index in [9.17, 15) is 0 Å². The topological polar surface area (TPSA) is 0 Å². The maximum atomic E-state index is 7.71. The average molecular weight is 286 g/mol. The summed E-state index contributed by atoms with van der Waals surface area (Å²) in [6.45, 7) is 2.06. The molecule has 0 spiro atoms. The first kappa shape index (κ1) is 9.46. The van der Waals surface area contributed by atoms with Gasteiger partial charge in [-0.2, -0.15) is 0 Å². The minimum absolute atomic E-state index is 0.114. The fourth-order valence-electron chi connectivity index (χ4n) is 2.45. The summed E-state index contributed by atoms with van der Waals surface area (Å²) in [5.41, 5.74) is 3.64. The van der Waals surface area contributed by atoms with Gasteiger partial charge in [0, 0.05) is 8.22 Å². The molecule has 0 fully saturated rings. The van der Waals surface area contributed by atoms with Gasteiger partial charge in [0.15, 0.2) is 0 Å². The monoisotopic (exact) mass is 286 g/mol. The summed E-state index contributed by atoms with van der Waals surface area (Å²) < 4.78 is 45.9. The first-order chi connectivity index (χ1) is 12.3. The van der Waals surface area contributed by atoms with Crippen LogP contribution < -0.4 is 0 Å². The Morgan fingerprint density at radius 1 is 0.905 bits per heavy atom. The summed E-state index contributed by atoms with van der Waals surface area (Å²) in [6.07, 6.45) is 2.13. The van der Waals surface area contributed by atoms with Crippen molar-refractivity contribution >= 4 is 0 Å². The minimum atomic E-state index is -2.24. The summed E-state index contributed by atoms with van der Waals surface area (Å²) in [6, 6.07) is 12.9. The molecule has 0 aromatic heterocycles. The molecule has 0 N–H and O–H groups in total. The summed E-state index contributed by atoms with van der Waals surface area (Å²) >= 11 is 0. The van der Waals surface area contributed by atoms with Gasteiger partial charge in [-0.3, -0.25) is 0 Å². The molecule has 0 heterocycles. The van der Waals surface area contributed by atoms with Crippen LogP contribution >= 0.6 is 0 Å². The van der Waals surface area contributed by atoms with Crippen molar-refractivity contribution in [1.82, 2.24) is 0 Å². The average Bonchev–Trinajstić information content (AvgIpc) is 2.52. The second-order valence-corrected chi connectivity index (χ2v) is 6.67. The van der Waals surface area contributed by atoms with Crippen LogP contribution in [-0.4, -0.2) is 0 Å². The molecule has 2 aromatic rings. The van der Waals surface area contributed by atoms with Crippen LogP contribution in [0.2, 0.25) is 0 Å². The van der Waals surface area contributed by atoms with E-state index in [1.807, 2.05) is 0 Å². The van der Waals surface area contributed by atoms with Crippen LogP contribution in [0.1, 0.15) is 63.2 Å². The standard InChI is InChI=1S/C21H28/c1-16-9-10-17(2)19(15-16)8-6-7-18-11-13-20(14-12-18)21(3,4)5/h9-15H,6-8H2,1-5H3/i1D3,2D3. The summed E-state index contributed by atoms with van der Waals surface area (Å²) in [5, 5.41) is 0. The van der Waals surface area contributed by atoms with E-state index in [1.54, 1.807) is 0 Å². The molecule has 0 aliphatic carbocycles. The predicted octanol–water partition coefficient (Wildman–Crippen LogP) is 5.78. The lowest BCUT2D eigenvalue weighted by Crippen LogP contribution is -2.10. The van der Waals surface area contributed by atoms with Gasteiger partial charge < -0.3 is 0 Å². The van der Waals surface area contributed by atoms with Gasteiger partial charge in [0.25, 0.3) is 0 Å². The molecule has 2 aromatic carbocycles. The molecular weight excluding hydrogens is 252 g/mol. The first-order valence-electron chi connectivity index (χ1n) is 10.5. The minimum Gasteiger partial charge on any atom is -0.0590 e. The number of aryl methyl sites for hydroxylation is 4. The van der Waals surface area contributed by atoms with E-state index >= 15 is 0 Å². The van der Waals surface area contributed by atoms with E-state index < -0.39 is 13.7 Å². The van der Waals surface area contributed by atoms with Gasteiger partial charge in [0.2, 0.25) is 0 Å². The Bertz CT molecular complexity index is 761. The molecular formula is C21H28. The molecule has 0 saturated heterocycles. The van der Waals surface area contributed by atoms with Gasteiger partial charge >= 0.3 is 0 Å². The van der Waals surface area contributed by atoms with Crippen LogP contribution in [0.5, 0.6) is 0 Å². The van der Waals surface area contributed by atoms with E-state index in [4.69, 9.17) is 8.22 Å². The summed E-state index contributed by atoms with van der Waals surface area (Å²) in [4.78, 5) is 0. The van der Waals surface area contributed by atoms with E-state index in [1.165, 1.54) is 29.3 Å². The molecule has 0 atom stereocenters. The Labute approximate surface area is 138 Å². The normalized spacial score (nSPS) is 17.1. The quantitative estimate of drug-likeness (QED) is 0.668. The van der Waals surface area contributed by atoms with Crippen LogP contribution in [0, 0.1) is 13.7 Å². The second-order valence-electron chi connectivity index (χ2n) is 6.67. The third kappa shape index (κ3) is 4.46. The van der Waals surface area contributed by atoms with Crippen molar-refractivity contribution in [2.45, 2.75) is 59.2 Å². The summed E-state index contributed by atoms with van der Waals surface area (Å²) in [5.74, 6) is 0. The SMILES string of the molecule is [2H]C([2H])([2H])c1ccc(C([2H])([2H])[2H])c(CCCc2ccc(C(C)(C)C)cc2)c1. The van der Waals surface area contributed by atoms with Gasteiger partial charge in [-0.05, 0) is 60.6 Å². The zero-order chi connectivity index (χ0) is 20.5. The third-order valence-electron chi connectivity index (χ3n) is 3.84. The molecule has 21 heavy (non-hydrogen) atoms. The van der Waals surface area contributed by atoms with Gasteiger partial charge in [0.05, 0.1) is 0 Å². The number of hydrogen-bond donors (Lipinski definition) is 0. The Hall–Kier alpha value is -1.56. The second kappa shape index (κ2) is 6.47. The van der Waals surface area contributed by atoms with Crippen molar-refractivity contribution in [3.8, 4) is 0 Å². The van der Waals surface area contributed by atoms with Crippen LogP contribution in [0.4, 0.5) is 0 Å². The maximum absolute atomic E-state index is 7.71. The zero-order valence-electron chi connectivity index (χ0n) is 19.2. The predicted molar refractivity (Wildman–Crippen MR) is 93.1 cm³/mol. The maximum Gasteiger partial charge on any atom is 0.0280 e. The summed E-state index contributed by atoms with van der Waals surface area (Å²) in [7, 11) is 0. The Kier molecular flexibility index (Phi) is 2.91.